The van der Waals surface area contributed by atoms with Crippen LogP contribution in [0.3, 0.4) is 0 Å². The van der Waals surface area contributed by atoms with E-state index in [4.69, 9.17) is 0 Å². The maximum atomic E-state index is 14.5. The summed E-state index contributed by atoms with van der Waals surface area (Å²) in [5.41, 5.74) is 3.74. The highest BCUT2D eigenvalue weighted by Gasteiger charge is 2.35. The molecule has 3 aromatic rings. The lowest BCUT2D eigenvalue weighted by Gasteiger charge is -2.35. The van der Waals surface area contributed by atoms with Crippen LogP contribution in [0, 0.1) is 6.92 Å². The summed E-state index contributed by atoms with van der Waals surface area (Å²) in [7, 11) is 0. The minimum Gasteiger partial charge on any atom is -0.334 e. The second kappa shape index (κ2) is 5.40. The van der Waals surface area contributed by atoms with Gasteiger partial charge in [-0.25, -0.2) is 9.37 Å². The zero-order valence-corrected chi connectivity index (χ0v) is 13.5. The first-order chi connectivity index (χ1) is 11.6. The Hall–Kier alpha value is -2.76. The number of amides is 1. The van der Waals surface area contributed by atoms with Gasteiger partial charge >= 0.3 is 0 Å². The molecule has 3 heterocycles. The molecule has 24 heavy (non-hydrogen) atoms. The van der Waals surface area contributed by atoms with E-state index in [0.29, 0.717) is 5.69 Å². The van der Waals surface area contributed by atoms with Gasteiger partial charge in [-0.1, -0.05) is 18.2 Å². The molecule has 4 rings (SSSR count). The van der Waals surface area contributed by atoms with Crippen LogP contribution < -0.4 is 0 Å². The fourth-order valence-electron chi connectivity index (χ4n) is 3.30. The highest BCUT2D eigenvalue weighted by atomic mass is 19.1. The Bertz CT molecular complexity index is 936. The number of rotatable bonds is 1. The number of aryl methyl sites for hydroxylation is 1. The van der Waals surface area contributed by atoms with Gasteiger partial charge in [0.25, 0.3) is 5.91 Å². The van der Waals surface area contributed by atoms with Crippen LogP contribution in [0.2, 0.25) is 0 Å². The molecule has 0 bridgehead atoms. The van der Waals surface area contributed by atoms with Gasteiger partial charge in [0.1, 0.15) is 0 Å². The molecule has 0 fully saturated rings. The SMILES string of the molecule is Cc1cccc2[nH]c(C(=O)N3CC(F)c4ncccc4C3C)nc12. The molecule has 6 heteroatoms. The van der Waals surface area contributed by atoms with E-state index in [1.165, 1.54) is 4.90 Å². The Morgan fingerprint density at radius 3 is 2.96 bits per heavy atom. The minimum atomic E-state index is -1.28. The molecule has 1 aliphatic heterocycles. The topological polar surface area (TPSA) is 61.9 Å². The van der Waals surface area contributed by atoms with Gasteiger partial charge in [0.2, 0.25) is 0 Å². The van der Waals surface area contributed by atoms with Gasteiger partial charge in [-0.2, -0.15) is 0 Å². The molecule has 0 saturated heterocycles. The summed E-state index contributed by atoms with van der Waals surface area (Å²) in [4.78, 5) is 26.0. The molecule has 0 radical (unpaired) electrons. The zero-order chi connectivity index (χ0) is 16.8. The van der Waals surface area contributed by atoms with Crippen LogP contribution in [0.1, 0.15) is 46.6 Å². The molecule has 1 N–H and O–H groups in total. The van der Waals surface area contributed by atoms with E-state index in [0.717, 1.165) is 22.2 Å². The number of nitrogens with zero attached hydrogens (tertiary/aromatic N) is 3. The van der Waals surface area contributed by atoms with Gasteiger partial charge in [-0.15, -0.1) is 0 Å². The third kappa shape index (κ3) is 2.18. The molecule has 0 spiro atoms. The first-order valence-electron chi connectivity index (χ1n) is 7.91. The van der Waals surface area contributed by atoms with Gasteiger partial charge in [0.05, 0.1) is 29.3 Å². The summed E-state index contributed by atoms with van der Waals surface area (Å²) in [5, 5.41) is 0. The molecule has 1 aliphatic rings. The maximum absolute atomic E-state index is 14.5. The van der Waals surface area contributed by atoms with Crippen LogP contribution in [-0.2, 0) is 0 Å². The van der Waals surface area contributed by atoms with Crippen molar-refractivity contribution in [1.82, 2.24) is 19.9 Å². The van der Waals surface area contributed by atoms with Gasteiger partial charge < -0.3 is 9.88 Å². The molecule has 2 atom stereocenters. The van der Waals surface area contributed by atoms with E-state index in [-0.39, 0.29) is 24.3 Å². The van der Waals surface area contributed by atoms with E-state index in [2.05, 4.69) is 15.0 Å². The van der Waals surface area contributed by atoms with Crippen molar-refractivity contribution >= 4 is 16.9 Å². The van der Waals surface area contributed by atoms with Crippen molar-refractivity contribution in [2.45, 2.75) is 26.1 Å². The minimum absolute atomic E-state index is 0.0138. The lowest BCUT2D eigenvalue weighted by Crippen LogP contribution is -2.40. The van der Waals surface area contributed by atoms with Crippen LogP contribution in [0.5, 0.6) is 0 Å². The monoisotopic (exact) mass is 324 g/mol. The lowest BCUT2D eigenvalue weighted by molar-refractivity contribution is 0.0574. The lowest BCUT2D eigenvalue weighted by atomic mass is 9.97. The summed E-state index contributed by atoms with van der Waals surface area (Å²) in [5.74, 6) is -0.0547. The average molecular weight is 324 g/mol. The maximum Gasteiger partial charge on any atom is 0.290 e. The number of para-hydroxylation sites is 1. The van der Waals surface area contributed by atoms with E-state index in [1.807, 2.05) is 38.1 Å². The predicted molar refractivity (Wildman–Crippen MR) is 88.4 cm³/mol. The molecule has 122 valence electrons. The van der Waals surface area contributed by atoms with Gasteiger partial charge in [0.15, 0.2) is 12.0 Å². The predicted octanol–water partition coefficient (Wildman–Crippen LogP) is 3.49. The van der Waals surface area contributed by atoms with Gasteiger partial charge in [0, 0.05) is 6.20 Å². The summed E-state index contributed by atoms with van der Waals surface area (Å²) in [6, 6.07) is 9.07. The summed E-state index contributed by atoms with van der Waals surface area (Å²) >= 11 is 0. The number of benzene rings is 1. The number of aromatic amines is 1. The number of imidazole rings is 1. The molecule has 5 nitrogen and oxygen atoms in total. The number of alkyl halides is 1. The van der Waals surface area contributed by atoms with Gasteiger partial charge in [-0.05, 0) is 37.1 Å². The summed E-state index contributed by atoms with van der Waals surface area (Å²) < 4.78 is 14.5. The first-order valence-corrected chi connectivity index (χ1v) is 7.91. The van der Waals surface area contributed by atoms with Crippen molar-refractivity contribution in [3.8, 4) is 0 Å². The van der Waals surface area contributed by atoms with Crippen LogP contribution >= 0.6 is 0 Å². The molecule has 1 aromatic carbocycles. The highest BCUT2D eigenvalue weighted by Crippen LogP contribution is 2.35. The van der Waals surface area contributed by atoms with E-state index < -0.39 is 6.17 Å². The molecule has 1 amide bonds. The van der Waals surface area contributed by atoms with Crippen LogP contribution in [0.15, 0.2) is 36.5 Å². The molecule has 0 saturated carbocycles. The Morgan fingerprint density at radius 1 is 1.33 bits per heavy atom. The zero-order valence-electron chi connectivity index (χ0n) is 13.5. The normalized spacial score (nSPS) is 20.2. The van der Waals surface area contributed by atoms with Gasteiger partial charge in [-0.3, -0.25) is 9.78 Å². The van der Waals surface area contributed by atoms with E-state index >= 15 is 0 Å². The Kier molecular flexibility index (Phi) is 3.33. The van der Waals surface area contributed by atoms with Crippen molar-refractivity contribution < 1.29 is 9.18 Å². The fourth-order valence-corrected chi connectivity index (χ4v) is 3.30. The largest absolute Gasteiger partial charge is 0.334 e. The Morgan fingerprint density at radius 2 is 2.17 bits per heavy atom. The molecule has 2 unspecified atom stereocenters. The van der Waals surface area contributed by atoms with Crippen molar-refractivity contribution in [3.63, 3.8) is 0 Å². The van der Waals surface area contributed by atoms with Crippen LogP contribution in [0.25, 0.3) is 11.0 Å². The van der Waals surface area contributed by atoms with Crippen LogP contribution in [-0.4, -0.2) is 32.3 Å². The number of hydrogen-bond donors (Lipinski definition) is 1. The number of hydrogen-bond acceptors (Lipinski definition) is 3. The quantitative estimate of drug-likeness (QED) is 0.745. The Labute approximate surface area is 138 Å². The fraction of sp³-hybridized carbons (Fsp3) is 0.278. The van der Waals surface area contributed by atoms with E-state index in [1.54, 1.807) is 12.3 Å². The second-order valence-electron chi connectivity index (χ2n) is 6.14. The van der Waals surface area contributed by atoms with Crippen LogP contribution in [0.4, 0.5) is 4.39 Å². The van der Waals surface area contributed by atoms with Crippen molar-refractivity contribution in [2.75, 3.05) is 6.54 Å². The molecule has 2 aromatic heterocycles. The average Bonchev–Trinajstić information content (AvgIpc) is 3.03. The standard InChI is InChI=1S/C18H17FN4O/c1-10-5-3-7-14-15(10)22-17(21-14)18(24)23-9-13(19)16-12(11(23)2)6-4-8-20-16/h3-8,11,13H,9H2,1-2H3,(H,21,22). The molecular weight excluding hydrogens is 307 g/mol. The Balaban J connectivity index is 1.73. The third-order valence-corrected chi connectivity index (χ3v) is 4.62. The summed E-state index contributed by atoms with van der Waals surface area (Å²) in [6.45, 7) is 3.82. The number of fused-ring (bicyclic) bond motifs is 2. The number of aromatic nitrogens is 3. The smallest absolute Gasteiger partial charge is 0.290 e. The number of H-pyrrole nitrogens is 1. The molecule has 0 aliphatic carbocycles. The number of halogens is 1. The molecular formula is C18H17FN4O. The second-order valence-corrected chi connectivity index (χ2v) is 6.14. The first kappa shape index (κ1) is 14.8. The van der Waals surface area contributed by atoms with E-state index in [9.17, 15) is 9.18 Å². The highest BCUT2D eigenvalue weighted by molar-refractivity contribution is 5.95. The number of nitrogens with one attached hydrogen (secondary N) is 1. The summed E-state index contributed by atoms with van der Waals surface area (Å²) in [6.07, 6.45) is 0.296. The number of pyridine rings is 1. The number of carbonyl (C=O) groups excluding carboxylic acids is 1. The van der Waals surface area contributed by atoms with Crippen molar-refractivity contribution in [2.24, 2.45) is 0 Å². The van der Waals surface area contributed by atoms with Crippen molar-refractivity contribution in [1.29, 1.82) is 0 Å². The number of carbonyl (C=O) groups is 1. The van der Waals surface area contributed by atoms with Crippen molar-refractivity contribution in [3.05, 3.63) is 59.2 Å². The third-order valence-electron chi connectivity index (χ3n) is 4.62.